The molecule has 0 saturated heterocycles. The molecule has 3 nitrogen and oxygen atoms in total. The van der Waals surface area contributed by atoms with E-state index in [1.165, 1.54) is 0 Å². The van der Waals surface area contributed by atoms with Crippen LogP contribution < -0.4 is 10.5 Å². The first-order valence-corrected chi connectivity index (χ1v) is 6.49. The number of thiocarbonyl (C=S) groups is 1. The standard InChI is InChI=1S/C14H13ClN2OS/c1-9-2-7-12(13(16)19)14(17-9)18-8-10-3-5-11(15)6-4-10/h2-7H,8H2,1H3,(H2,16,19). The summed E-state index contributed by atoms with van der Waals surface area (Å²) in [5.74, 6) is 0.461. The molecule has 1 aromatic carbocycles. The Kier molecular flexibility index (Phi) is 4.35. The lowest BCUT2D eigenvalue weighted by atomic mass is 10.2. The smallest absolute Gasteiger partial charge is 0.224 e. The zero-order valence-corrected chi connectivity index (χ0v) is 12.0. The van der Waals surface area contributed by atoms with Crippen molar-refractivity contribution < 1.29 is 4.74 Å². The van der Waals surface area contributed by atoms with Crippen molar-refractivity contribution in [2.75, 3.05) is 0 Å². The van der Waals surface area contributed by atoms with Crippen LogP contribution in [0.2, 0.25) is 5.02 Å². The molecule has 0 aliphatic heterocycles. The topological polar surface area (TPSA) is 48.1 Å². The lowest BCUT2D eigenvalue weighted by Crippen LogP contribution is -2.13. The van der Waals surface area contributed by atoms with Gasteiger partial charge in [0, 0.05) is 10.7 Å². The number of hydrogen-bond acceptors (Lipinski definition) is 3. The van der Waals surface area contributed by atoms with E-state index in [0.717, 1.165) is 11.3 Å². The normalized spacial score (nSPS) is 10.2. The van der Waals surface area contributed by atoms with Crippen LogP contribution in [0.25, 0.3) is 0 Å². The second kappa shape index (κ2) is 5.99. The summed E-state index contributed by atoms with van der Waals surface area (Å²) >= 11 is 10.8. The quantitative estimate of drug-likeness (QED) is 0.879. The number of ether oxygens (including phenoxy) is 1. The summed E-state index contributed by atoms with van der Waals surface area (Å²) in [5.41, 5.74) is 8.15. The van der Waals surface area contributed by atoms with Crippen molar-refractivity contribution in [2.24, 2.45) is 5.73 Å². The number of nitrogens with zero attached hydrogens (tertiary/aromatic N) is 1. The molecule has 0 spiro atoms. The highest BCUT2D eigenvalue weighted by molar-refractivity contribution is 7.80. The number of aryl methyl sites for hydroxylation is 1. The third-order valence-corrected chi connectivity index (χ3v) is 3.03. The number of benzene rings is 1. The molecule has 0 saturated carbocycles. The van der Waals surface area contributed by atoms with Crippen molar-refractivity contribution in [3.05, 3.63) is 58.2 Å². The monoisotopic (exact) mass is 292 g/mol. The Bertz CT molecular complexity index is 599. The van der Waals surface area contributed by atoms with Gasteiger partial charge in [-0.1, -0.05) is 36.0 Å². The fraction of sp³-hybridized carbons (Fsp3) is 0.143. The lowest BCUT2D eigenvalue weighted by Gasteiger charge is -2.10. The highest BCUT2D eigenvalue weighted by Gasteiger charge is 2.08. The van der Waals surface area contributed by atoms with Crippen molar-refractivity contribution in [3.8, 4) is 5.88 Å². The van der Waals surface area contributed by atoms with Gasteiger partial charge in [0.1, 0.15) is 11.6 Å². The minimum Gasteiger partial charge on any atom is -0.472 e. The van der Waals surface area contributed by atoms with Crippen LogP contribution in [-0.4, -0.2) is 9.97 Å². The van der Waals surface area contributed by atoms with E-state index in [0.29, 0.717) is 23.1 Å². The van der Waals surface area contributed by atoms with Crippen molar-refractivity contribution in [1.29, 1.82) is 0 Å². The van der Waals surface area contributed by atoms with Gasteiger partial charge in [0.25, 0.3) is 0 Å². The summed E-state index contributed by atoms with van der Waals surface area (Å²) in [5, 5.41) is 0.696. The fourth-order valence-corrected chi connectivity index (χ4v) is 1.84. The zero-order valence-electron chi connectivity index (χ0n) is 10.4. The average molecular weight is 293 g/mol. The summed E-state index contributed by atoms with van der Waals surface area (Å²) in [6, 6.07) is 11.1. The van der Waals surface area contributed by atoms with Gasteiger partial charge in [-0.25, -0.2) is 4.98 Å². The van der Waals surface area contributed by atoms with Crippen LogP contribution in [0.5, 0.6) is 5.88 Å². The van der Waals surface area contributed by atoms with Gasteiger partial charge in [-0.15, -0.1) is 0 Å². The van der Waals surface area contributed by atoms with Crippen LogP contribution in [0, 0.1) is 6.92 Å². The molecule has 0 amide bonds. The third-order valence-electron chi connectivity index (χ3n) is 2.55. The number of halogens is 1. The Morgan fingerprint density at radius 3 is 2.58 bits per heavy atom. The van der Waals surface area contributed by atoms with Gasteiger partial charge in [-0.05, 0) is 36.8 Å². The van der Waals surface area contributed by atoms with Gasteiger partial charge >= 0.3 is 0 Å². The molecule has 5 heteroatoms. The first kappa shape index (κ1) is 13.8. The molecule has 1 heterocycles. The second-order valence-electron chi connectivity index (χ2n) is 4.08. The molecule has 0 aliphatic rings. The maximum Gasteiger partial charge on any atom is 0.224 e. The molecule has 98 valence electrons. The van der Waals surface area contributed by atoms with Crippen LogP contribution >= 0.6 is 23.8 Å². The SMILES string of the molecule is Cc1ccc(C(N)=S)c(OCc2ccc(Cl)cc2)n1. The third kappa shape index (κ3) is 3.66. The molecule has 2 N–H and O–H groups in total. The Balaban J connectivity index is 2.16. The minimum atomic E-state index is 0.276. The van der Waals surface area contributed by atoms with Gasteiger partial charge in [0.2, 0.25) is 5.88 Å². The predicted octanol–water partition coefficient (Wildman–Crippen LogP) is 3.26. The van der Waals surface area contributed by atoms with Crippen LogP contribution in [-0.2, 0) is 6.61 Å². The average Bonchev–Trinajstić information content (AvgIpc) is 2.38. The van der Waals surface area contributed by atoms with Gasteiger partial charge in [0.15, 0.2) is 0 Å². The molecule has 0 aliphatic carbocycles. The lowest BCUT2D eigenvalue weighted by molar-refractivity contribution is 0.293. The fourth-order valence-electron chi connectivity index (χ4n) is 1.56. The first-order valence-electron chi connectivity index (χ1n) is 5.71. The molecule has 0 radical (unpaired) electrons. The van der Waals surface area contributed by atoms with Gasteiger partial charge in [-0.3, -0.25) is 0 Å². The van der Waals surface area contributed by atoms with E-state index in [2.05, 4.69) is 4.98 Å². The highest BCUT2D eigenvalue weighted by Crippen LogP contribution is 2.18. The second-order valence-corrected chi connectivity index (χ2v) is 4.96. The molecule has 19 heavy (non-hydrogen) atoms. The molecule has 2 aromatic rings. The Hall–Kier alpha value is -1.65. The first-order chi connectivity index (χ1) is 9.06. The summed E-state index contributed by atoms with van der Waals surface area (Å²) in [4.78, 5) is 4.59. The van der Waals surface area contributed by atoms with E-state index >= 15 is 0 Å². The van der Waals surface area contributed by atoms with E-state index in [4.69, 9.17) is 34.3 Å². The van der Waals surface area contributed by atoms with Crippen LogP contribution in [0.15, 0.2) is 36.4 Å². The number of hydrogen-bond donors (Lipinski definition) is 1. The highest BCUT2D eigenvalue weighted by atomic mass is 35.5. The van der Waals surface area contributed by atoms with Crippen LogP contribution in [0.3, 0.4) is 0 Å². The molecule has 0 unspecified atom stereocenters. The Morgan fingerprint density at radius 2 is 1.95 bits per heavy atom. The molecule has 0 fully saturated rings. The van der Waals surface area contributed by atoms with Crippen molar-refractivity contribution in [3.63, 3.8) is 0 Å². The Morgan fingerprint density at radius 1 is 1.26 bits per heavy atom. The maximum absolute atomic E-state index is 5.83. The van der Waals surface area contributed by atoms with Crippen molar-refractivity contribution in [2.45, 2.75) is 13.5 Å². The van der Waals surface area contributed by atoms with Crippen molar-refractivity contribution in [1.82, 2.24) is 4.98 Å². The molecular formula is C14H13ClN2OS. The minimum absolute atomic E-state index is 0.276. The number of nitrogens with two attached hydrogens (primary N) is 1. The zero-order chi connectivity index (χ0) is 13.8. The summed E-state index contributed by atoms with van der Waals surface area (Å²) < 4.78 is 5.68. The predicted molar refractivity (Wildman–Crippen MR) is 80.6 cm³/mol. The molecule has 0 bridgehead atoms. The molecule has 0 atom stereocenters. The van der Waals surface area contributed by atoms with E-state index in [1.54, 1.807) is 0 Å². The maximum atomic E-state index is 5.83. The molecule has 2 rings (SSSR count). The Labute approximate surface area is 122 Å². The number of rotatable bonds is 4. The van der Waals surface area contributed by atoms with Gasteiger partial charge in [-0.2, -0.15) is 0 Å². The summed E-state index contributed by atoms with van der Waals surface area (Å²) in [6.45, 7) is 2.28. The van der Waals surface area contributed by atoms with E-state index in [9.17, 15) is 0 Å². The van der Waals surface area contributed by atoms with E-state index in [1.807, 2.05) is 43.3 Å². The number of pyridine rings is 1. The largest absolute Gasteiger partial charge is 0.472 e. The van der Waals surface area contributed by atoms with Gasteiger partial charge < -0.3 is 10.5 Å². The van der Waals surface area contributed by atoms with E-state index in [-0.39, 0.29) is 4.99 Å². The van der Waals surface area contributed by atoms with Crippen LogP contribution in [0.1, 0.15) is 16.8 Å². The summed E-state index contributed by atoms with van der Waals surface area (Å²) in [6.07, 6.45) is 0. The van der Waals surface area contributed by atoms with E-state index < -0.39 is 0 Å². The number of aromatic nitrogens is 1. The molecular weight excluding hydrogens is 280 g/mol. The van der Waals surface area contributed by atoms with Crippen LogP contribution in [0.4, 0.5) is 0 Å². The van der Waals surface area contributed by atoms with Crippen molar-refractivity contribution >= 4 is 28.8 Å². The molecule has 1 aromatic heterocycles. The van der Waals surface area contributed by atoms with Gasteiger partial charge in [0.05, 0.1) is 5.56 Å². The summed E-state index contributed by atoms with van der Waals surface area (Å²) in [7, 11) is 0.